The maximum absolute atomic E-state index is 11.0. The Morgan fingerprint density at radius 3 is 2.69 bits per heavy atom. The number of carbonyl (C=O) groups is 1. The van der Waals surface area contributed by atoms with Gasteiger partial charge in [0.25, 0.3) is 0 Å². The zero-order valence-corrected chi connectivity index (χ0v) is 8.60. The summed E-state index contributed by atoms with van der Waals surface area (Å²) >= 11 is 0. The summed E-state index contributed by atoms with van der Waals surface area (Å²) in [5.41, 5.74) is -0.360. The average molecular weight is 206 g/mol. The van der Waals surface area contributed by atoms with Crippen LogP contribution in [0.4, 0.5) is 0 Å². The maximum Gasteiger partial charge on any atom is 0.365 e. The maximum atomic E-state index is 11.0. The monoisotopic (exact) mass is 205 g/mol. The molecule has 1 atom stereocenters. The SMILES string of the molecule is CCC[NH+]1CC2CC1(C(=O)O)C2.[Cl-]. The first kappa shape index (κ1) is 10.8. The van der Waals surface area contributed by atoms with Gasteiger partial charge >= 0.3 is 5.97 Å². The van der Waals surface area contributed by atoms with Crippen molar-refractivity contribution in [3.05, 3.63) is 0 Å². The first-order valence-electron chi connectivity index (χ1n) is 4.77. The molecule has 0 aromatic heterocycles. The second kappa shape index (κ2) is 3.46. The smallest absolute Gasteiger partial charge is 0.365 e. The molecule has 4 heteroatoms. The summed E-state index contributed by atoms with van der Waals surface area (Å²) < 4.78 is 0. The van der Waals surface area contributed by atoms with E-state index in [2.05, 4.69) is 6.92 Å². The minimum absolute atomic E-state index is 0. The van der Waals surface area contributed by atoms with Crippen LogP contribution in [0.5, 0.6) is 0 Å². The molecule has 3 aliphatic rings. The van der Waals surface area contributed by atoms with Crippen LogP contribution in [0.15, 0.2) is 0 Å². The number of quaternary nitrogens is 1. The highest BCUT2D eigenvalue weighted by Gasteiger charge is 2.65. The highest BCUT2D eigenvalue weighted by Crippen LogP contribution is 2.39. The third-order valence-corrected chi connectivity index (χ3v) is 3.45. The van der Waals surface area contributed by atoms with Gasteiger partial charge in [-0.3, -0.25) is 0 Å². The highest BCUT2D eigenvalue weighted by atomic mass is 35.5. The molecule has 1 aliphatic carbocycles. The number of carboxylic acid groups (broad SMARTS) is 1. The summed E-state index contributed by atoms with van der Waals surface area (Å²) in [4.78, 5) is 12.3. The third-order valence-electron chi connectivity index (χ3n) is 3.45. The Balaban J connectivity index is 0.000000845. The van der Waals surface area contributed by atoms with E-state index in [9.17, 15) is 4.79 Å². The molecular formula is C9H16ClNO2. The molecule has 2 aliphatic heterocycles. The van der Waals surface area contributed by atoms with Gasteiger partial charge in [-0.2, -0.15) is 0 Å². The van der Waals surface area contributed by atoms with Crippen LogP contribution in [0, 0.1) is 5.92 Å². The van der Waals surface area contributed by atoms with Gasteiger partial charge in [0.1, 0.15) is 0 Å². The predicted molar refractivity (Wildman–Crippen MR) is 44.1 cm³/mol. The molecule has 0 aromatic carbocycles. The highest BCUT2D eigenvalue weighted by molar-refractivity contribution is 5.78. The second-order valence-electron chi connectivity index (χ2n) is 4.22. The molecule has 1 saturated carbocycles. The van der Waals surface area contributed by atoms with Gasteiger partial charge < -0.3 is 22.4 Å². The lowest BCUT2D eigenvalue weighted by atomic mass is 9.73. The Hall–Kier alpha value is -0.280. The number of halogens is 1. The molecule has 2 heterocycles. The van der Waals surface area contributed by atoms with Crippen LogP contribution in [0.1, 0.15) is 26.2 Å². The van der Waals surface area contributed by atoms with Crippen LogP contribution in [0.3, 0.4) is 0 Å². The fourth-order valence-corrected chi connectivity index (χ4v) is 2.87. The van der Waals surface area contributed by atoms with Crippen LogP contribution >= 0.6 is 0 Å². The van der Waals surface area contributed by atoms with Gasteiger partial charge in [0.05, 0.1) is 13.1 Å². The van der Waals surface area contributed by atoms with E-state index in [-0.39, 0.29) is 17.9 Å². The van der Waals surface area contributed by atoms with E-state index in [1.165, 1.54) is 4.90 Å². The Kier molecular flexibility index (Phi) is 2.88. The summed E-state index contributed by atoms with van der Waals surface area (Å²) in [6.45, 7) is 4.25. The molecule has 3 nitrogen and oxygen atoms in total. The van der Waals surface area contributed by atoms with E-state index < -0.39 is 5.97 Å². The van der Waals surface area contributed by atoms with Gasteiger partial charge in [0.2, 0.25) is 0 Å². The molecule has 1 unspecified atom stereocenters. The molecule has 0 aromatic rings. The molecule has 2 bridgehead atoms. The number of fused-ring (bicyclic) bond motifs is 1. The molecule has 0 amide bonds. The molecule has 2 saturated heterocycles. The Labute approximate surface area is 84.5 Å². The van der Waals surface area contributed by atoms with Crippen molar-refractivity contribution < 1.29 is 27.2 Å². The Bertz CT molecular complexity index is 214. The van der Waals surface area contributed by atoms with Gasteiger partial charge in [-0.1, -0.05) is 6.92 Å². The van der Waals surface area contributed by atoms with E-state index >= 15 is 0 Å². The first-order chi connectivity index (χ1) is 5.69. The van der Waals surface area contributed by atoms with E-state index in [4.69, 9.17) is 5.11 Å². The molecule has 2 N–H and O–H groups in total. The first-order valence-corrected chi connectivity index (χ1v) is 4.77. The van der Waals surface area contributed by atoms with Gasteiger partial charge in [-0.25, -0.2) is 4.79 Å². The van der Waals surface area contributed by atoms with E-state index in [0.717, 1.165) is 32.4 Å². The van der Waals surface area contributed by atoms with E-state index in [1.54, 1.807) is 0 Å². The Morgan fingerprint density at radius 2 is 2.23 bits per heavy atom. The Morgan fingerprint density at radius 1 is 1.62 bits per heavy atom. The third kappa shape index (κ3) is 1.34. The standard InChI is InChI=1S/C9H15NO2.ClH/c1-2-3-10-6-7-4-9(10,5-7)8(11)12;/h7H,2-6H2,1H3,(H,11,12);1H. The lowest BCUT2D eigenvalue weighted by Gasteiger charge is -2.33. The van der Waals surface area contributed by atoms with Crippen molar-refractivity contribution >= 4 is 5.97 Å². The van der Waals surface area contributed by atoms with Crippen molar-refractivity contribution in [2.45, 2.75) is 31.7 Å². The zero-order valence-electron chi connectivity index (χ0n) is 7.85. The molecule has 3 fully saturated rings. The number of carboxylic acids is 1. The summed E-state index contributed by atoms with van der Waals surface area (Å²) in [5, 5.41) is 9.09. The van der Waals surface area contributed by atoms with Crippen LogP contribution in [0.2, 0.25) is 0 Å². The molecule has 0 radical (unpaired) electrons. The van der Waals surface area contributed by atoms with Crippen molar-refractivity contribution in [2.75, 3.05) is 13.1 Å². The lowest BCUT2D eigenvalue weighted by Crippen LogP contribution is -3.18. The van der Waals surface area contributed by atoms with Gasteiger partial charge in [0.15, 0.2) is 5.54 Å². The summed E-state index contributed by atoms with van der Waals surface area (Å²) in [6, 6.07) is 0. The zero-order chi connectivity index (χ0) is 8.77. The van der Waals surface area contributed by atoms with E-state index in [0.29, 0.717) is 5.92 Å². The number of hydrogen-bond donors (Lipinski definition) is 2. The second-order valence-corrected chi connectivity index (χ2v) is 4.22. The van der Waals surface area contributed by atoms with Gasteiger partial charge in [0, 0.05) is 18.8 Å². The summed E-state index contributed by atoms with van der Waals surface area (Å²) in [5.74, 6) is 0.141. The average Bonchev–Trinajstić information content (AvgIpc) is 2.40. The topological polar surface area (TPSA) is 41.7 Å². The molecule has 0 spiro atoms. The summed E-state index contributed by atoms with van der Waals surface area (Å²) in [7, 11) is 0. The van der Waals surface area contributed by atoms with Crippen molar-refractivity contribution in [2.24, 2.45) is 5.92 Å². The normalized spacial score (nSPS) is 40.7. The van der Waals surface area contributed by atoms with Crippen LogP contribution in [-0.2, 0) is 4.79 Å². The number of rotatable bonds is 3. The minimum atomic E-state index is -0.570. The fraction of sp³-hybridized carbons (Fsp3) is 0.889. The van der Waals surface area contributed by atoms with Crippen LogP contribution in [0.25, 0.3) is 0 Å². The van der Waals surface area contributed by atoms with E-state index in [1.807, 2.05) is 0 Å². The molecule has 3 rings (SSSR count). The number of hydrogen-bond acceptors (Lipinski definition) is 1. The van der Waals surface area contributed by atoms with Gasteiger partial charge in [-0.15, -0.1) is 0 Å². The largest absolute Gasteiger partial charge is 1.00 e. The van der Waals surface area contributed by atoms with Crippen molar-refractivity contribution in [3.8, 4) is 0 Å². The summed E-state index contributed by atoms with van der Waals surface area (Å²) in [6.07, 6.45) is 2.95. The lowest BCUT2D eigenvalue weighted by molar-refractivity contribution is -0.921. The minimum Gasteiger partial charge on any atom is -1.00 e. The fourth-order valence-electron chi connectivity index (χ4n) is 2.87. The van der Waals surface area contributed by atoms with Crippen LogP contribution in [-0.4, -0.2) is 29.7 Å². The molecular weight excluding hydrogens is 190 g/mol. The van der Waals surface area contributed by atoms with Crippen molar-refractivity contribution in [3.63, 3.8) is 0 Å². The van der Waals surface area contributed by atoms with Crippen molar-refractivity contribution in [1.29, 1.82) is 0 Å². The predicted octanol–water partition coefficient (Wildman–Crippen LogP) is -3.47. The molecule has 13 heavy (non-hydrogen) atoms. The number of aliphatic carboxylic acids is 1. The quantitative estimate of drug-likeness (QED) is 0.503. The van der Waals surface area contributed by atoms with Crippen LogP contribution < -0.4 is 17.3 Å². The molecule has 76 valence electrons. The number of nitrogens with one attached hydrogen (secondary N) is 1. The van der Waals surface area contributed by atoms with Crippen molar-refractivity contribution in [1.82, 2.24) is 0 Å². The van der Waals surface area contributed by atoms with Gasteiger partial charge in [-0.05, 0) is 6.42 Å².